The molecular formula is C7H13N3O2. The summed E-state index contributed by atoms with van der Waals surface area (Å²) in [6, 6.07) is -0.404. The number of rotatable bonds is 2. The maximum absolute atomic E-state index is 11.0. The Morgan fingerprint density at radius 2 is 2.00 bits per heavy atom. The van der Waals surface area contributed by atoms with E-state index in [1.165, 1.54) is 7.05 Å². The van der Waals surface area contributed by atoms with E-state index in [1.54, 1.807) is 0 Å². The van der Waals surface area contributed by atoms with E-state index in [9.17, 15) is 9.59 Å². The Balaban J connectivity index is 2.04. The molecule has 0 bridgehead atoms. The molecule has 0 aromatic rings. The first-order valence-corrected chi connectivity index (χ1v) is 3.99. The second-order valence-corrected chi connectivity index (χ2v) is 2.90. The van der Waals surface area contributed by atoms with Gasteiger partial charge in [-0.15, -0.1) is 0 Å². The SMILES string of the molecule is CNC(=O)NNC(=O)CC1CC1. The second kappa shape index (κ2) is 3.94. The van der Waals surface area contributed by atoms with Crippen molar-refractivity contribution in [1.82, 2.24) is 16.2 Å². The smallest absolute Gasteiger partial charge is 0.333 e. The van der Waals surface area contributed by atoms with Gasteiger partial charge in [0.25, 0.3) is 0 Å². The van der Waals surface area contributed by atoms with Gasteiger partial charge in [-0.2, -0.15) is 0 Å². The fraction of sp³-hybridized carbons (Fsp3) is 0.714. The first kappa shape index (κ1) is 8.83. The molecule has 12 heavy (non-hydrogen) atoms. The Morgan fingerprint density at radius 1 is 1.33 bits per heavy atom. The molecule has 0 aromatic carbocycles. The standard InChI is InChI=1S/C7H13N3O2/c1-8-7(12)10-9-6(11)4-5-2-3-5/h5H,2-4H2,1H3,(H,9,11)(H2,8,10,12). The number of hydrazine groups is 1. The van der Waals surface area contributed by atoms with Gasteiger partial charge in [-0.05, 0) is 18.8 Å². The van der Waals surface area contributed by atoms with Gasteiger partial charge in [0.15, 0.2) is 0 Å². The summed E-state index contributed by atoms with van der Waals surface area (Å²) in [7, 11) is 1.49. The van der Waals surface area contributed by atoms with Crippen LogP contribution in [0.2, 0.25) is 0 Å². The van der Waals surface area contributed by atoms with E-state index in [0.29, 0.717) is 12.3 Å². The van der Waals surface area contributed by atoms with Crippen LogP contribution in [0, 0.1) is 5.92 Å². The molecule has 1 aliphatic carbocycles. The quantitative estimate of drug-likeness (QED) is 0.501. The summed E-state index contributed by atoms with van der Waals surface area (Å²) in [5.41, 5.74) is 4.52. The highest BCUT2D eigenvalue weighted by Crippen LogP contribution is 2.31. The van der Waals surface area contributed by atoms with Crippen molar-refractivity contribution < 1.29 is 9.59 Å². The van der Waals surface area contributed by atoms with Crippen molar-refractivity contribution in [3.05, 3.63) is 0 Å². The zero-order valence-electron chi connectivity index (χ0n) is 7.02. The van der Waals surface area contributed by atoms with Crippen LogP contribution >= 0.6 is 0 Å². The summed E-state index contributed by atoms with van der Waals surface area (Å²) in [6.07, 6.45) is 2.78. The van der Waals surface area contributed by atoms with Crippen LogP contribution in [0.1, 0.15) is 19.3 Å². The minimum absolute atomic E-state index is 0.124. The fourth-order valence-electron chi connectivity index (χ4n) is 0.824. The van der Waals surface area contributed by atoms with E-state index < -0.39 is 6.03 Å². The minimum Gasteiger partial charge on any atom is -0.340 e. The molecule has 3 N–H and O–H groups in total. The molecule has 1 aliphatic rings. The van der Waals surface area contributed by atoms with Crippen molar-refractivity contribution in [3.8, 4) is 0 Å². The average Bonchev–Trinajstić information content (AvgIpc) is 2.84. The highest BCUT2D eigenvalue weighted by Gasteiger charge is 2.24. The fourth-order valence-corrected chi connectivity index (χ4v) is 0.824. The molecule has 1 rings (SSSR count). The Morgan fingerprint density at radius 3 is 2.50 bits per heavy atom. The van der Waals surface area contributed by atoms with Crippen LogP contribution in [-0.2, 0) is 4.79 Å². The van der Waals surface area contributed by atoms with Crippen molar-refractivity contribution in [1.29, 1.82) is 0 Å². The van der Waals surface area contributed by atoms with Crippen LogP contribution in [0.3, 0.4) is 0 Å². The zero-order valence-corrected chi connectivity index (χ0v) is 7.02. The first-order chi connectivity index (χ1) is 5.72. The lowest BCUT2D eigenvalue weighted by molar-refractivity contribution is -0.122. The van der Waals surface area contributed by atoms with Gasteiger partial charge in [-0.3, -0.25) is 10.2 Å². The van der Waals surface area contributed by atoms with Crippen LogP contribution < -0.4 is 16.2 Å². The van der Waals surface area contributed by atoms with Crippen molar-refractivity contribution in [2.24, 2.45) is 5.92 Å². The summed E-state index contributed by atoms with van der Waals surface area (Å²) in [4.78, 5) is 21.5. The van der Waals surface area contributed by atoms with E-state index in [-0.39, 0.29) is 5.91 Å². The van der Waals surface area contributed by atoms with Crippen LogP contribution in [0.25, 0.3) is 0 Å². The van der Waals surface area contributed by atoms with Crippen molar-refractivity contribution in [2.45, 2.75) is 19.3 Å². The Bertz CT molecular complexity index is 189. The molecule has 68 valence electrons. The molecule has 0 aromatic heterocycles. The predicted octanol–water partition coefficient (Wildman–Crippen LogP) is -0.253. The Kier molecular flexibility index (Phi) is 2.90. The van der Waals surface area contributed by atoms with E-state index in [4.69, 9.17) is 0 Å². The number of hydrogen-bond donors (Lipinski definition) is 3. The maximum atomic E-state index is 11.0. The number of amides is 3. The summed E-state index contributed by atoms with van der Waals surface area (Å²) in [6.45, 7) is 0. The molecule has 0 radical (unpaired) electrons. The first-order valence-electron chi connectivity index (χ1n) is 3.99. The average molecular weight is 171 g/mol. The lowest BCUT2D eigenvalue weighted by Gasteiger charge is -2.05. The molecule has 3 amide bonds. The van der Waals surface area contributed by atoms with Gasteiger partial charge < -0.3 is 5.32 Å². The molecule has 0 unspecified atom stereocenters. The molecule has 5 nitrogen and oxygen atoms in total. The number of urea groups is 1. The summed E-state index contributed by atoms with van der Waals surface area (Å²) < 4.78 is 0. The number of carbonyl (C=O) groups excluding carboxylic acids is 2. The Labute approximate surface area is 70.9 Å². The van der Waals surface area contributed by atoms with Gasteiger partial charge in [0.2, 0.25) is 5.91 Å². The van der Waals surface area contributed by atoms with Crippen molar-refractivity contribution >= 4 is 11.9 Å². The number of nitrogens with one attached hydrogen (secondary N) is 3. The number of hydrogen-bond acceptors (Lipinski definition) is 2. The van der Waals surface area contributed by atoms with Gasteiger partial charge >= 0.3 is 6.03 Å². The molecule has 1 saturated carbocycles. The molecule has 0 saturated heterocycles. The lowest BCUT2D eigenvalue weighted by Crippen LogP contribution is -2.45. The maximum Gasteiger partial charge on any atom is 0.333 e. The summed E-state index contributed by atoms with van der Waals surface area (Å²) in [5, 5.41) is 2.32. The van der Waals surface area contributed by atoms with E-state index in [0.717, 1.165) is 12.8 Å². The third-order valence-electron chi connectivity index (χ3n) is 1.71. The van der Waals surface area contributed by atoms with Gasteiger partial charge in [-0.25, -0.2) is 10.2 Å². The normalized spacial score (nSPS) is 15.1. The van der Waals surface area contributed by atoms with E-state index in [2.05, 4.69) is 16.2 Å². The summed E-state index contributed by atoms with van der Waals surface area (Å²) in [5.74, 6) is 0.414. The van der Waals surface area contributed by atoms with Crippen LogP contribution in [0.5, 0.6) is 0 Å². The summed E-state index contributed by atoms with van der Waals surface area (Å²) >= 11 is 0. The largest absolute Gasteiger partial charge is 0.340 e. The van der Waals surface area contributed by atoms with E-state index >= 15 is 0 Å². The zero-order chi connectivity index (χ0) is 8.97. The monoisotopic (exact) mass is 171 g/mol. The van der Waals surface area contributed by atoms with Gasteiger partial charge in [0.05, 0.1) is 0 Å². The Hall–Kier alpha value is -1.26. The molecule has 0 atom stereocenters. The van der Waals surface area contributed by atoms with Crippen molar-refractivity contribution in [2.75, 3.05) is 7.05 Å². The van der Waals surface area contributed by atoms with Gasteiger partial charge in [-0.1, -0.05) is 0 Å². The third kappa shape index (κ3) is 3.23. The van der Waals surface area contributed by atoms with Gasteiger partial charge in [0.1, 0.15) is 0 Å². The third-order valence-corrected chi connectivity index (χ3v) is 1.71. The van der Waals surface area contributed by atoms with Crippen LogP contribution in [0.15, 0.2) is 0 Å². The lowest BCUT2D eigenvalue weighted by atomic mass is 10.3. The number of carbonyl (C=O) groups is 2. The molecule has 1 fully saturated rings. The van der Waals surface area contributed by atoms with Crippen LogP contribution in [-0.4, -0.2) is 19.0 Å². The topological polar surface area (TPSA) is 70.2 Å². The molecule has 5 heteroatoms. The minimum atomic E-state index is -0.404. The van der Waals surface area contributed by atoms with E-state index in [1.807, 2.05) is 0 Å². The predicted molar refractivity (Wildman–Crippen MR) is 43.1 cm³/mol. The van der Waals surface area contributed by atoms with Gasteiger partial charge in [0, 0.05) is 13.5 Å². The highest BCUT2D eigenvalue weighted by molar-refractivity contribution is 5.81. The highest BCUT2D eigenvalue weighted by atomic mass is 16.2. The molecular weight excluding hydrogens is 158 g/mol. The second-order valence-electron chi connectivity index (χ2n) is 2.90. The molecule has 0 heterocycles. The molecule has 0 aliphatic heterocycles. The molecule has 0 spiro atoms. The van der Waals surface area contributed by atoms with Crippen LogP contribution in [0.4, 0.5) is 4.79 Å². The van der Waals surface area contributed by atoms with Crippen molar-refractivity contribution in [3.63, 3.8) is 0 Å².